The van der Waals surface area contributed by atoms with Crippen LogP contribution < -0.4 is 0 Å². The van der Waals surface area contributed by atoms with Gasteiger partial charge >= 0.3 is 0 Å². The molecule has 0 rings (SSSR count). The highest BCUT2D eigenvalue weighted by Crippen LogP contribution is 2.08. The molecule has 0 radical (unpaired) electrons. The predicted octanol–water partition coefficient (Wildman–Crippen LogP) is 1.15. The maximum atomic E-state index is 10.5. The van der Waals surface area contributed by atoms with E-state index in [0.717, 1.165) is 6.03 Å². The van der Waals surface area contributed by atoms with Crippen LogP contribution in [0.4, 0.5) is 0 Å². The Hall–Kier alpha value is -0.0600. The summed E-state index contributed by atoms with van der Waals surface area (Å²) in [4.78, 5) is 20.3. The van der Waals surface area contributed by atoms with E-state index in [-0.39, 0.29) is 14.1 Å². The molecular weight excluding hydrogens is 154 g/mol. The molecule has 2 nitrogen and oxygen atoms in total. The molecule has 1 unspecified atom stereocenters. The second kappa shape index (κ2) is 6.07. The Labute approximate surface area is 57.6 Å². The molecule has 4 heteroatoms. The molecular formula is C5H8O2P2. The first-order valence-corrected chi connectivity index (χ1v) is 4.84. The molecule has 0 N–H and O–H groups in total. The lowest BCUT2D eigenvalue weighted by atomic mass is 10.5. The first-order chi connectivity index (χ1) is 4.31. The van der Waals surface area contributed by atoms with Gasteiger partial charge in [-0.05, 0) is 14.4 Å². The Bertz CT molecular complexity index is 122. The molecule has 0 aliphatic carbocycles. The van der Waals surface area contributed by atoms with Gasteiger partial charge in [-0.25, -0.2) is 0 Å². The zero-order chi connectivity index (χ0) is 7.11. The summed E-state index contributed by atoms with van der Waals surface area (Å²) in [6.45, 7) is 0. The normalized spacial score (nSPS) is 10.7. The molecule has 0 aliphatic heterocycles. The molecule has 0 saturated heterocycles. The van der Waals surface area contributed by atoms with E-state index in [1.165, 1.54) is 0 Å². The lowest BCUT2D eigenvalue weighted by Gasteiger charge is -1.87. The van der Waals surface area contributed by atoms with Crippen LogP contribution >= 0.6 is 16.8 Å². The zero-order valence-electron chi connectivity index (χ0n) is 4.96. The van der Waals surface area contributed by atoms with Crippen LogP contribution in [0.1, 0.15) is 6.42 Å². The average molecular weight is 162 g/mol. The van der Waals surface area contributed by atoms with E-state index >= 15 is 0 Å². The Morgan fingerprint density at radius 1 is 1.78 bits per heavy atom. The minimum atomic E-state index is 0.115. The standard InChI is InChI=1S/C5H8O2P2/c1-8-5(7)2-3-9-4-6/h4,9H,1-3H2. The van der Waals surface area contributed by atoms with Crippen LogP contribution in [-0.4, -0.2) is 24.0 Å². The lowest BCUT2D eigenvalue weighted by molar-refractivity contribution is -0.110. The number of rotatable bonds is 5. The molecule has 0 aromatic heterocycles. The van der Waals surface area contributed by atoms with Gasteiger partial charge < -0.3 is 0 Å². The van der Waals surface area contributed by atoms with Gasteiger partial charge in [-0.15, -0.1) is 0 Å². The molecule has 0 bridgehead atoms. The van der Waals surface area contributed by atoms with Crippen LogP contribution in [0.25, 0.3) is 0 Å². The van der Waals surface area contributed by atoms with Crippen molar-refractivity contribution in [3.63, 3.8) is 0 Å². The topological polar surface area (TPSA) is 34.1 Å². The van der Waals surface area contributed by atoms with E-state index in [1.807, 2.05) is 0 Å². The third-order valence-electron chi connectivity index (χ3n) is 0.743. The van der Waals surface area contributed by atoms with E-state index in [1.54, 1.807) is 0 Å². The Morgan fingerprint density at radius 3 is 2.89 bits per heavy atom. The van der Waals surface area contributed by atoms with Crippen molar-refractivity contribution in [3.05, 3.63) is 0 Å². The van der Waals surface area contributed by atoms with Crippen molar-refractivity contribution in [1.82, 2.24) is 0 Å². The molecule has 1 atom stereocenters. The number of carbonyl (C=O) groups is 2. The molecule has 0 spiro atoms. The Morgan fingerprint density at radius 2 is 2.44 bits per heavy atom. The number of hydrogen-bond acceptors (Lipinski definition) is 2. The molecule has 50 valence electrons. The highest BCUT2D eigenvalue weighted by Gasteiger charge is 1.93. The molecule has 0 heterocycles. The van der Waals surface area contributed by atoms with Crippen molar-refractivity contribution in [2.75, 3.05) is 6.16 Å². The summed E-state index contributed by atoms with van der Waals surface area (Å²) >= 11 is 0. The zero-order valence-corrected chi connectivity index (χ0v) is 6.86. The van der Waals surface area contributed by atoms with Crippen molar-refractivity contribution in [1.29, 1.82) is 0 Å². The summed E-state index contributed by atoms with van der Waals surface area (Å²) in [5.74, 6) is 0. The second-order valence-corrected chi connectivity index (χ2v) is 3.33. The molecule has 0 aromatic carbocycles. The monoisotopic (exact) mass is 162 g/mol. The van der Waals surface area contributed by atoms with E-state index in [9.17, 15) is 9.59 Å². The summed E-state index contributed by atoms with van der Waals surface area (Å²) in [7, 11) is 0.836. The third-order valence-corrected chi connectivity index (χ3v) is 2.02. The molecule has 9 heavy (non-hydrogen) atoms. The van der Waals surface area contributed by atoms with Crippen molar-refractivity contribution in [2.24, 2.45) is 0 Å². The Balaban J connectivity index is 3.16. The van der Waals surface area contributed by atoms with Gasteiger partial charge in [0.05, 0.1) is 0 Å². The van der Waals surface area contributed by atoms with E-state index in [2.05, 4.69) is 6.30 Å². The first kappa shape index (κ1) is 8.94. The first-order valence-electron chi connectivity index (χ1n) is 2.48. The van der Waals surface area contributed by atoms with Gasteiger partial charge in [-0.3, -0.25) is 9.59 Å². The smallest absolute Gasteiger partial charge is 0.181 e. The van der Waals surface area contributed by atoms with Gasteiger partial charge in [-0.1, -0.05) is 14.9 Å². The van der Waals surface area contributed by atoms with Gasteiger partial charge in [0.1, 0.15) is 6.03 Å². The minimum Gasteiger partial charge on any atom is -0.299 e. The summed E-state index contributed by atoms with van der Waals surface area (Å²) in [5, 5.41) is 0. The fraction of sp³-hybridized carbons (Fsp3) is 0.400. The molecule has 0 aliphatic rings. The number of carbonyl (C=O) groups excluding carboxylic acids is 2. The fourth-order valence-corrected chi connectivity index (χ4v) is 1.29. The van der Waals surface area contributed by atoms with Crippen LogP contribution in [0, 0.1) is 0 Å². The van der Waals surface area contributed by atoms with Gasteiger partial charge in [-0.2, -0.15) is 0 Å². The van der Waals surface area contributed by atoms with Crippen molar-refractivity contribution in [2.45, 2.75) is 6.42 Å². The summed E-state index contributed by atoms with van der Waals surface area (Å²) < 4.78 is 0. The molecule has 0 saturated carbocycles. The van der Waals surface area contributed by atoms with Crippen LogP contribution in [0.3, 0.4) is 0 Å². The maximum Gasteiger partial charge on any atom is 0.181 e. The summed E-state index contributed by atoms with van der Waals surface area (Å²) in [5.41, 5.74) is 0.115. The second-order valence-electron chi connectivity index (χ2n) is 1.37. The van der Waals surface area contributed by atoms with Crippen LogP contribution in [-0.2, 0) is 9.59 Å². The summed E-state index contributed by atoms with van der Waals surface area (Å²) in [6, 6.07) is 0.854. The fourth-order valence-electron chi connectivity index (χ4n) is 0.317. The van der Waals surface area contributed by atoms with E-state index < -0.39 is 0 Å². The maximum absolute atomic E-state index is 10.5. The van der Waals surface area contributed by atoms with E-state index in [4.69, 9.17) is 0 Å². The largest absolute Gasteiger partial charge is 0.299 e. The highest BCUT2D eigenvalue weighted by atomic mass is 31.1. The summed E-state index contributed by atoms with van der Waals surface area (Å²) in [6.07, 6.45) is 4.60. The average Bonchev–Trinajstić information content (AvgIpc) is 1.89. The van der Waals surface area contributed by atoms with Gasteiger partial charge in [0.15, 0.2) is 5.52 Å². The van der Waals surface area contributed by atoms with E-state index in [0.29, 0.717) is 20.8 Å². The molecule has 0 fully saturated rings. The van der Waals surface area contributed by atoms with Crippen molar-refractivity contribution >= 4 is 34.6 Å². The Kier molecular flexibility index (Phi) is 6.03. The van der Waals surface area contributed by atoms with Gasteiger partial charge in [0.2, 0.25) is 0 Å². The van der Waals surface area contributed by atoms with Crippen LogP contribution in [0.2, 0.25) is 0 Å². The van der Waals surface area contributed by atoms with Gasteiger partial charge in [0, 0.05) is 6.42 Å². The van der Waals surface area contributed by atoms with Crippen molar-refractivity contribution < 1.29 is 9.59 Å². The number of hydrogen-bond donors (Lipinski definition) is 0. The molecule has 0 amide bonds. The lowest BCUT2D eigenvalue weighted by Crippen LogP contribution is -1.86. The molecule has 0 aromatic rings. The SMILES string of the molecule is C=PC(=O)CCPC=O. The third kappa shape index (κ3) is 5.82. The van der Waals surface area contributed by atoms with Gasteiger partial charge in [0.25, 0.3) is 0 Å². The quantitative estimate of drug-likeness (QED) is 0.345. The highest BCUT2D eigenvalue weighted by molar-refractivity contribution is 7.57. The van der Waals surface area contributed by atoms with Crippen molar-refractivity contribution in [3.8, 4) is 0 Å². The van der Waals surface area contributed by atoms with Crippen LogP contribution in [0.5, 0.6) is 0 Å². The predicted molar refractivity (Wildman–Crippen MR) is 43.6 cm³/mol. The minimum absolute atomic E-state index is 0.115. The van der Waals surface area contributed by atoms with Crippen LogP contribution in [0.15, 0.2) is 0 Å².